The zero-order chi connectivity index (χ0) is 25.7. The number of benzene rings is 3. The molecule has 0 unspecified atom stereocenters. The molecule has 5 heteroatoms. The Labute approximate surface area is 235 Å². The molecule has 3 aromatic rings. The van der Waals surface area contributed by atoms with Gasteiger partial charge in [0.05, 0.1) is 12.3 Å². The van der Waals surface area contributed by atoms with Crippen molar-refractivity contribution in [1.29, 1.82) is 0 Å². The molecule has 0 atom stereocenters. The molecule has 37 heavy (non-hydrogen) atoms. The van der Waals surface area contributed by atoms with E-state index in [9.17, 15) is 5.21 Å². The number of hydrogen-bond donors (Lipinski definition) is 1. The maximum absolute atomic E-state index is 10.6. The van der Waals surface area contributed by atoms with E-state index in [0.717, 1.165) is 38.5 Å². The maximum Gasteiger partial charge on any atom is 0.112 e. The van der Waals surface area contributed by atoms with Crippen LogP contribution in [0.3, 0.4) is 0 Å². The van der Waals surface area contributed by atoms with Crippen LogP contribution in [0, 0.1) is 0 Å². The van der Waals surface area contributed by atoms with Crippen molar-refractivity contribution in [2.45, 2.75) is 77.0 Å². The second kappa shape index (κ2) is 13.0. The average Bonchev–Trinajstić information content (AvgIpc) is 2.88. The summed E-state index contributed by atoms with van der Waals surface area (Å²) in [5, 5.41) is 16.5. The Morgan fingerprint density at radius 1 is 0.703 bits per heavy atom. The van der Waals surface area contributed by atoms with Gasteiger partial charge in [0.1, 0.15) is 23.2 Å². The Kier molecular flexibility index (Phi) is 10.5. The van der Waals surface area contributed by atoms with Gasteiger partial charge in [0.25, 0.3) is 0 Å². The molecule has 0 radical (unpaired) electrons. The smallest absolute Gasteiger partial charge is 0.112 e. The number of unbranched alkanes of at least 4 members (excludes halogenated alkanes) is 2. The minimum absolute atomic E-state index is 0. The van der Waals surface area contributed by atoms with Crippen LogP contribution in [0.2, 0.25) is 0 Å². The van der Waals surface area contributed by atoms with E-state index in [1.165, 1.54) is 27.4 Å². The fraction of sp³-hybridized carbons (Fsp3) is 0.438. The molecule has 0 saturated carbocycles. The highest BCUT2D eigenvalue weighted by Gasteiger charge is 2.46. The first-order valence-electron chi connectivity index (χ1n) is 13.4. The molecule has 0 aliphatic carbocycles. The number of halogens is 1. The molecular formula is C32H43BrNO2P. The van der Waals surface area contributed by atoms with Crippen molar-refractivity contribution < 1.29 is 26.9 Å². The van der Waals surface area contributed by atoms with E-state index in [1.807, 2.05) is 0 Å². The van der Waals surface area contributed by atoms with Crippen molar-refractivity contribution >= 4 is 23.2 Å². The Morgan fingerprint density at radius 3 is 1.51 bits per heavy atom. The summed E-state index contributed by atoms with van der Waals surface area (Å²) in [5.74, 6) is 0. The van der Waals surface area contributed by atoms with Gasteiger partial charge >= 0.3 is 0 Å². The predicted octanol–water partition coefficient (Wildman–Crippen LogP) is 3.58. The zero-order valence-corrected chi connectivity index (χ0v) is 25.3. The average molecular weight is 585 g/mol. The van der Waals surface area contributed by atoms with Crippen LogP contribution < -0.4 is 32.9 Å². The summed E-state index contributed by atoms with van der Waals surface area (Å²) in [6.45, 7) is 9.19. The lowest BCUT2D eigenvalue weighted by molar-refractivity contribution is -0.261. The monoisotopic (exact) mass is 583 g/mol. The summed E-state index contributed by atoms with van der Waals surface area (Å²) in [4.78, 5) is 0. The molecule has 1 fully saturated rings. The van der Waals surface area contributed by atoms with Crippen LogP contribution in [0.4, 0.5) is 0 Å². The molecule has 1 aliphatic rings. The van der Waals surface area contributed by atoms with E-state index in [1.54, 1.807) is 0 Å². The minimum Gasteiger partial charge on any atom is -1.00 e. The van der Waals surface area contributed by atoms with E-state index in [-0.39, 0.29) is 34.2 Å². The molecule has 0 aromatic heterocycles. The highest BCUT2D eigenvalue weighted by molar-refractivity contribution is 7.95. The summed E-state index contributed by atoms with van der Waals surface area (Å²) in [5.41, 5.74) is -0.533. The Hall–Kier alpha value is -1.55. The third kappa shape index (κ3) is 6.91. The Balaban J connectivity index is 0.00000380. The molecule has 1 saturated heterocycles. The molecule has 3 nitrogen and oxygen atoms in total. The number of nitrogens with zero attached hydrogens (tertiary/aromatic N) is 1. The molecule has 4 rings (SSSR count). The minimum atomic E-state index is -1.74. The SMILES string of the molecule is CC1(C)CC(OCCCCC[P+](c2ccccc2)(c2ccccc2)c2ccccc2)CC(C)(C)N1O.[Br-]. The first kappa shape index (κ1) is 30.0. The van der Waals surface area contributed by atoms with Gasteiger partial charge in [-0.2, -0.15) is 5.06 Å². The van der Waals surface area contributed by atoms with Crippen LogP contribution >= 0.6 is 7.26 Å². The van der Waals surface area contributed by atoms with Crippen LogP contribution in [-0.2, 0) is 4.74 Å². The van der Waals surface area contributed by atoms with E-state index in [2.05, 4.69) is 119 Å². The van der Waals surface area contributed by atoms with Gasteiger partial charge in [-0.25, -0.2) is 0 Å². The molecule has 0 bridgehead atoms. The third-order valence-electron chi connectivity index (χ3n) is 7.68. The van der Waals surface area contributed by atoms with Gasteiger partial charge in [0, 0.05) is 17.7 Å². The molecule has 1 aliphatic heterocycles. The second-order valence-electron chi connectivity index (χ2n) is 11.4. The van der Waals surface area contributed by atoms with Crippen molar-refractivity contribution in [3.63, 3.8) is 0 Å². The van der Waals surface area contributed by atoms with Crippen LogP contribution in [0.15, 0.2) is 91.0 Å². The van der Waals surface area contributed by atoms with Gasteiger partial charge in [-0.05, 0) is 96.2 Å². The van der Waals surface area contributed by atoms with Crippen LogP contribution in [0.25, 0.3) is 0 Å². The molecule has 1 heterocycles. The summed E-state index contributed by atoms with van der Waals surface area (Å²) < 4.78 is 6.36. The highest BCUT2D eigenvalue weighted by atomic mass is 79.9. The van der Waals surface area contributed by atoms with E-state index >= 15 is 0 Å². The first-order chi connectivity index (χ1) is 17.3. The summed E-state index contributed by atoms with van der Waals surface area (Å²) in [6, 6.07) is 33.4. The number of rotatable bonds is 10. The second-order valence-corrected chi connectivity index (χ2v) is 15.1. The van der Waals surface area contributed by atoms with Crippen LogP contribution in [0.1, 0.15) is 59.8 Å². The largest absolute Gasteiger partial charge is 1.00 e. The quantitative estimate of drug-likeness (QED) is 0.292. The topological polar surface area (TPSA) is 32.7 Å². The molecule has 3 aromatic carbocycles. The number of hydrogen-bond acceptors (Lipinski definition) is 3. The van der Waals surface area contributed by atoms with E-state index < -0.39 is 7.26 Å². The van der Waals surface area contributed by atoms with E-state index in [0.29, 0.717) is 0 Å². The van der Waals surface area contributed by atoms with Crippen molar-refractivity contribution in [1.82, 2.24) is 5.06 Å². The van der Waals surface area contributed by atoms with Gasteiger partial charge in [-0.1, -0.05) is 54.6 Å². The van der Waals surface area contributed by atoms with Crippen molar-refractivity contribution in [2.24, 2.45) is 0 Å². The number of ether oxygens (including phenoxy) is 1. The van der Waals surface area contributed by atoms with Gasteiger partial charge in [-0.3, -0.25) is 0 Å². The summed E-state index contributed by atoms with van der Waals surface area (Å²) in [7, 11) is -1.74. The lowest BCUT2D eigenvalue weighted by atomic mass is 9.80. The predicted molar refractivity (Wildman–Crippen MR) is 155 cm³/mol. The summed E-state index contributed by atoms with van der Waals surface area (Å²) >= 11 is 0. The molecule has 0 amide bonds. The third-order valence-corrected chi connectivity index (χ3v) is 12.2. The molecule has 1 N–H and O–H groups in total. The van der Waals surface area contributed by atoms with Crippen LogP contribution in [-0.4, -0.2) is 40.2 Å². The normalized spacial score (nSPS) is 17.8. The highest BCUT2D eigenvalue weighted by Crippen LogP contribution is 2.56. The van der Waals surface area contributed by atoms with E-state index in [4.69, 9.17) is 4.74 Å². The van der Waals surface area contributed by atoms with Crippen LogP contribution in [0.5, 0.6) is 0 Å². The lowest BCUT2D eigenvalue weighted by Gasteiger charge is -2.51. The fourth-order valence-electron chi connectivity index (χ4n) is 6.06. The van der Waals surface area contributed by atoms with Crippen molar-refractivity contribution in [3.8, 4) is 0 Å². The van der Waals surface area contributed by atoms with Crippen molar-refractivity contribution in [3.05, 3.63) is 91.0 Å². The molecule has 0 spiro atoms. The van der Waals surface area contributed by atoms with Gasteiger partial charge < -0.3 is 26.9 Å². The summed E-state index contributed by atoms with van der Waals surface area (Å²) in [6.07, 6.45) is 6.46. The zero-order valence-electron chi connectivity index (χ0n) is 22.8. The fourth-order valence-corrected chi connectivity index (χ4v) is 10.5. The first-order valence-corrected chi connectivity index (χ1v) is 15.4. The maximum atomic E-state index is 10.6. The van der Waals surface area contributed by atoms with Gasteiger partial charge in [0.15, 0.2) is 0 Å². The van der Waals surface area contributed by atoms with Crippen molar-refractivity contribution in [2.75, 3.05) is 12.8 Å². The molecular weight excluding hydrogens is 541 g/mol. The number of hydroxylamine groups is 2. The standard InChI is InChI=1S/C32H43NO2P.BrH/c1-31(2)25-27(26-32(3,4)33(31)34)35-23-15-8-16-24-36(28-17-9-5-10-18-28,29-19-11-6-12-20-29)30-21-13-7-14-22-30;/h5-7,9-14,17-22,27,34H,8,15-16,23-26H2,1-4H3;1H/q+1;/p-1. The van der Waals surface area contributed by atoms with Gasteiger partial charge in [-0.15, -0.1) is 0 Å². The van der Waals surface area contributed by atoms with Gasteiger partial charge in [0.2, 0.25) is 0 Å². The molecule has 200 valence electrons. The Morgan fingerprint density at radius 2 is 1.11 bits per heavy atom. The Bertz CT molecular complexity index is 961. The lowest BCUT2D eigenvalue weighted by Crippen LogP contribution is -3.00. The number of piperidine rings is 1.